The molecule has 0 heterocycles. The molecule has 1 atom stereocenters. The summed E-state index contributed by atoms with van der Waals surface area (Å²) in [6.07, 6.45) is 0.631. The van der Waals surface area contributed by atoms with Gasteiger partial charge in [-0.25, -0.2) is 4.79 Å². The Morgan fingerprint density at radius 2 is 2.19 bits per heavy atom. The Balaban J connectivity index is 2.29. The highest BCUT2D eigenvalue weighted by Crippen LogP contribution is 2.33. The molecule has 0 aliphatic heterocycles. The minimum Gasteiger partial charge on any atom is -0.294 e. The molecule has 0 saturated heterocycles. The van der Waals surface area contributed by atoms with Crippen molar-refractivity contribution in [3.05, 3.63) is 29.3 Å². The second-order valence-corrected chi connectivity index (χ2v) is 3.91. The number of carbonyl (C=O) groups excluding carboxylic acids is 2. The van der Waals surface area contributed by atoms with Gasteiger partial charge >= 0.3 is 5.97 Å². The largest absolute Gasteiger partial charge is 0.352 e. The maximum Gasteiger partial charge on any atom is 0.352 e. The Kier molecular flexibility index (Phi) is 2.64. The summed E-state index contributed by atoms with van der Waals surface area (Å²) >= 11 is 0. The molecule has 1 unspecified atom stereocenters. The lowest BCUT2D eigenvalue weighted by molar-refractivity contribution is -0.211. The summed E-state index contributed by atoms with van der Waals surface area (Å²) in [6.45, 7) is 3.13. The van der Waals surface area contributed by atoms with Gasteiger partial charge in [0.05, 0.1) is 0 Å². The fourth-order valence-corrected chi connectivity index (χ4v) is 1.85. The summed E-state index contributed by atoms with van der Waals surface area (Å²) in [5.41, 5.74) is 1.48. The summed E-state index contributed by atoms with van der Waals surface area (Å²) in [4.78, 5) is 31.7. The van der Waals surface area contributed by atoms with Gasteiger partial charge in [0, 0.05) is 24.0 Å². The van der Waals surface area contributed by atoms with Crippen LogP contribution in [0, 0.1) is 5.92 Å². The van der Waals surface area contributed by atoms with Gasteiger partial charge in [-0.3, -0.25) is 14.6 Å². The van der Waals surface area contributed by atoms with Gasteiger partial charge in [0.15, 0.2) is 11.5 Å². The Morgan fingerprint density at radius 1 is 1.44 bits per heavy atom. The first-order valence-electron chi connectivity index (χ1n) is 5.11. The summed E-state index contributed by atoms with van der Waals surface area (Å²) in [6, 6.07) is 5.17. The lowest BCUT2D eigenvalue weighted by atomic mass is 10.1. The third kappa shape index (κ3) is 1.78. The first-order chi connectivity index (χ1) is 7.59. The third-order valence-corrected chi connectivity index (χ3v) is 2.61. The molecule has 0 N–H and O–H groups in total. The molecule has 0 bridgehead atoms. The van der Waals surface area contributed by atoms with Crippen LogP contribution in [0.25, 0.3) is 0 Å². The average Bonchev–Trinajstić information content (AvgIpc) is 2.53. The van der Waals surface area contributed by atoms with Crippen molar-refractivity contribution < 1.29 is 19.4 Å². The molecule has 2 rings (SSSR count). The van der Waals surface area contributed by atoms with Gasteiger partial charge in [-0.15, -0.1) is 0 Å². The molecular weight excluding hydrogens is 208 g/mol. The molecule has 4 heteroatoms. The monoisotopic (exact) mass is 220 g/mol. The Morgan fingerprint density at radius 3 is 2.88 bits per heavy atom. The third-order valence-electron chi connectivity index (χ3n) is 2.61. The molecule has 0 spiro atoms. The van der Waals surface area contributed by atoms with Crippen molar-refractivity contribution in [3.63, 3.8) is 0 Å². The van der Waals surface area contributed by atoms with E-state index in [0.29, 0.717) is 17.7 Å². The van der Waals surface area contributed by atoms with Crippen molar-refractivity contribution in [2.75, 3.05) is 0 Å². The van der Waals surface area contributed by atoms with Crippen molar-refractivity contribution in [2.45, 2.75) is 20.3 Å². The van der Waals surface area contributed by atoms with Crippen molar-refractivity contribution in [1.29, 1.82) is 0 Å². The molecule has 1 aromatic carbocycles. The Hall–Kier alpha value is -1.84. The van der Waals surface area contributed by atoms with Crippen LogP contribution in [0.4, 0.5) is 0 Å². The van der Waals surface area contributed by atoms with Crippen LogP contribution in [0.3, 0.4) is 0 Å². The van der Waals surface area contributed by atoms with Crippen LogP contribution in [-0.2, 0) is 16.1 Å². The van der Waals surface area contributed by atoms with Crippen molar-refractivity contribution in [3.8, 4) is 5.75 Å². The van der Waals surface area contributed by atoms with Crippen molar-refractivity contribution in [1.82, 2.24) is 0 Å². The molecule has 0 saturated carbocycles. The molecule has 1 aliphatic carbocycles. The van der Waals surface area contributed by atoms with Gasteiger partial charge in [0.2, 0.25) is 0 Å². The smallest absolute Gasteiger partial charge is 0.294 e. The fourth-order valence-electron chi connectivity index (χ4n) is 1.85. The van der Waals surface area contributed by atoms with E-state index in [0.717, 1.165) is 5.56 Å². The first-order valence-corrected chi connectivity index (χ1v) is 5.11. The second kappa shape index (κ2) is 3.96. The van der Waals surface area contributed by atoms with Gasteiger partial charge in [0.1, 0.15) is 0 Å². The van der Waals surface area contributed by atoms with E-state index in [1.54, 1.807) is 18.2 Å². The van der Waals surface area contributed by atoms with Crippen LogP contribution in [0.5, 0.6) is 5.75 Å². The van der Waals surface area contributed by atoms with Crippen LogP contribution in [0.2, 0.25) is 0 Å². The highest BCUT2D eigenvalue weighted by molar-refractivity contribution is 6.02. The molecule has 16 heavy (non-hydrogen) atoms. The molecule has 1 aromatic rings. The molecule has 0 fully saturated rings. The number of Topliss-reactive ketones (excluding diaryl/α,β-unsaturated/α-hetero) is 1. The van der Waals surface area contributed by atoms with Gasteiger partial charge in [-0.05, 0) is 12.5 Å². The quantitative estimate of drug-likeness (QED) is 0.564. The summed E-state index contributed by atoms with van der Waals surface area (Å²) in [5, 5.41) is 0. The number of benzene rings is 1. The standard InChI is InChI=1S/C12H12O4/c1-7-6-10-9(12(7)14)4-3-5-11(10)16-15-8(2)13/h3-5,7H,6H2,1-2H3. The van der Waals surface area contributed by atoms with Crippen LogP contribution in [0.1, 0.15) is 29.8 Å². The molecule has 1 aliphatic rings. The predicted molar refractivity (Wildman–Crippen MR) is 56.0 cm³/mol. The molecule has 0 aromatic heterocycles. The lowest BCUT2D eigenvalue weighted by Crippen LogP contribution is -2.04. The van der Waals surface area contributed by atoms with Crippen molar-refractivity contribution >= 4 is 11.8 Å². The van der Waals surface area contributed by atoms with E-state index in [2.05, 4.69) is 4.89 Å². The summed E-state index contributed by atoms with van der Waals surface area (Å²) < 4.78 is 0. The van der Waals surface area contributed by atoms with Gasteiger partial charge < -0.3 is 0 Å². The van der Waals surface area contributed by atoms with Crippen molar-refractivity contribution in [2.24, 2.45) is 5.92 Å². The SMILES string of the molecule is CC(=O)OOc1cccc2c1CC(C)C2=O. The lowest BCUT2D eigenvalue weighted by Gasteiger charge is -2.06. The number of hydrogen-bond donors (Lipinski definition) is 0. The van der Waals surface area contributed by atoms with E-state index in [1.807, 2.05) is 6.92 Å². The van der Waals surface area contributed by atoms with Crippen LogP contribution < -0.4 is 4.89 Å². The molecule has 0 radical (unpaired) electrons. The van der Waals surface area contributed by atoms with Gasteiger partial charge in [0.25, 0.3) is 0 Å². The predicted octanol–water partition coefficient (Wildman–Crippen LogP) is 1.92. The van der Waals surface area contributed by atoms with Gasteiger partial charge in [-0.1, -0.05) is 19.1 Å². The van der Waals surface area contributed by atoms with Crippen LogP contribution >= 0.6 is 0 Å². The number of carbonyl (C=O) groups is 2. The topological polar surface area (TPSA) is 52.6 Å². The highest BCUT2D eigenvalue weighted by atomic mass is 17.2. The van der Waals surface area contributed by atoms with E-state index in [4.69, 9.17) is 4.89 Å². The van der Waals surface area contributed by atoms with E-state index < -0.39 is 5.97 Å². The minimum absolute atomic E-state index is 0.0305. The second-order valence-electron chi connectivity index (χ2n) is 3.91. The number of rotatable bonds is 2. The number of ketones is 1. The molecule has 84 valence electrons. The number of hydrogen-bond acceptors (Lipinski definition) is 4. The molecular formula is C12H12O4. The van der Waals surface area contributed by atoms with E-state index >= 15 is 0 Å². The maximum atomic E-state index is 11.7. The van der Waals surface area contributed by atoms with E-state index in [9.17, 15) is 9.59 Å². The first kappa shape index (κ1) is 10.7. The van der Waals surface area contributed by atoms with E-state index in [-0.39, 0.29) is 11.7 Å². The van der Waals surface area contributed by atoms with E-state index in [1.165, 1.54) is 6.92 Å². The zero-order valence-corrected chi connectivity index (χ0v) is 9.15. The summed E-state index contributed by atoms with van der Waals surface area (Å²) in [5.74, 6) is 0.0146. The average molecular weight is 220 g/mol. The van der Waals surface area contributed by atoms with Crippen LogP contribution in [-0.4, -0.2) is 11.8 Å². The molecule has 0 amide bonds. The van der Waals surface area contributed by atoms with Crippen LogP contribution in [0.15, 0.2) is 18.2 Å². The molecule has 4 nitrogen and oxygen atoms in total. The fraction of sp³-hybridized carbons (Fsp3) is 0.333. The van der Waals surface area contributed by atoms with Gasteiger partial charge in [-0.2, -0.15) is 0 Å². The minimum atomic E-state index is -0.519. The zero-order valence-electron chi connectivity index (χ0n) is 9.15. The Bertz CT molecular complexity index is 450. The highest BCUT2D eigenvalue weighted by Gasteiger charge is 2.29. The Labute approximate surface area is 93.1 Å². The maximum absolute atomic E-state index is 11.7. The summed E-state index contributed by atoms with van der Waals surface area (Å²) in [7, 11) is 0. The number of fused-ring (bicyclic) bond motifs is 1. The zero-order chi connectivity index (χ0) is 11.7. The normalized spacial score (nSPS) is 18.1.